The lowest BCUT2D eigenvalue weighted by atomic mass is 10.1. The number of alkyl halides is 2. The second kappa shape index (κ2) is 9.14. The summed E-state index contributed by atoms with van der Waals surface area (Å²) >= 11 is 1.22. The SMILES string of the molecule is CC(C)(C)OC(=O)N1CC(n2cc(C(=N[S+]([O-])C(C)(C)C)C(F)F)c3cc(F)c(Br)cc32)C1. The third-order valence-corrected chi connectivity index (χ3v) is 6.99. The topological polar surface area (TPSA) is 69.9 Å². The Hall–Kier alpha value is -1.72. The Morgan fingerprint density at radius 2 is 1.85 bits per heavy atom. The first kappa shape index (κ1) is 25.9. The van der Waals surface area contributed by atoms with Crippen molar-refractivity contribution in [2.24, 2.45) is 4.40 Å². The fraction of sp³-hybridized carbons (Fsp3) is 0.545. The van der Waals surface area contributed by atoms with E-state index >= 15 is 0 Å². The van der Waals surface area contributed by atoms with E-state index in [1.54, 1.807) is 46.1 Å². The highest BCUT2D eigenvalue weighted by Gasteiger charge is 2.37. The van der Waals surface area contributed by atoms with Gasteiger partial charge in [-0.15, -0.1) is 0 Å². The van der Waals surface area contributed by atoms with Crippen molar-refractivity contribution in [2.75, 3.05) is 13.1 Å². The predicted molar refractivity (Wildman–Crippen MR) is 127 cm³/mol. The molecule has 1 fully saturated rings. The third kappa shape index (κ3) is 5.68. The summed E-state index contributed by atoms with van der Waals surface area (Å²) in [6, 6.07) is 2.44. The molecule has 0 radical (unpaired) electrons. The standard InChI is InChI=1S/C22H27BrF3N3O3S/c1-21(2,3)32-20(30)28-9-12(10-28)29-11-14(13-7-16(24)15(23)8-17(13)29)18(19(25)26)27-33(31)22(4,5)6/h7-8,11-12,19H,9-10H2,1-6H3. The van der Waals surface area contributed by atoms with Crippen molar-refractivity contribution < 1.29 is 27.3 Å². The zero-order valence-corrected chi connectivity index (χ0v) is 21.7. The molecule has 182 valence electrons. The first-order valence-electron chi connectivity index (χ1n) is 10.3. The number of likely N-dealkylation sites (tertiary alicyclic amines) is 1. The number of halogens is 4. The zero-order valence-electron chi connectivity index (χ0n) is 19.3. The fourth-order valence-electron chi connectivity index (χ4n) is 3.29. The Labute approximate surface area is 202 Å². The lowest BCUT2D eigenvalue weighted by Gasteiger charge is -2.40. The number of nitrogens with zero attached hydrogens (tertiary/aromatic N) is 3. The number of rotatable bonds is 4. The summed E-state index contributed by atoms with van der Waals surface area (Å²) in [5, 5.41) is 0.233. The van der Waals surface area contributed by atoms with E-state index < -0.39 is 45.8 Å². The van der Waals surface area contributed by atoms with Crippen LogP contribution < -0.4 is 0 Å². The van der Waals surface area contributed by atoms with E-state index in [2.05, 4.69) is 20.3 Å². The van der Waals surface area contributed by atoms with Gasteiger partial charge >= 0.3 is 6.09 Å². The van der Waals surface area contributed by atoms with Crippen molar-refractivity contribution in [3.63, 3.8) is 0 Å². The van der Waals surface area contributed by atoms with Crippen LogP contribution >= 0.6 is 15.9 Å². The quantitative estimate of drug-likeness (QED) is 0.354. The van der Waals surface area contributed by atoms with Gasteiger partial charge in [0.15, 0.2) is 5.71 Å². The van der Waals surface area contributed by atoms with E-state index in [9.17, 15) is 22.5 Å². The monoisotopic (exact) mass is 549 g/mol. The summed E-state index contributed by atoms with van der Waals surface area (Å²) in [4.78, 5) is 13.8. The molecular weight excluding hydrogens is 523 g/mol. The molecule has 0 saturated carbocycles. The highest BCUT2D eigenvalue weighted by atomic mass is 79.9. The Morgan fingerprint density at radius 3 is 2.36 bits per heavy atom. The lowest BCUT2D eigenvalue weighted by molar-refractivity contribution is 0.00157. The summed E-state index contributed by atoms with van der Waals surface area (Å²) in [6.45, 7) is 10.8. The minimum absolute atomic E-state index is 0.0136. The maximum Gasteiger partial charge on any atom is 0.410 e. The van der Waals surface area contributed by atoms with Crippen LogP contribution in [-0.2, 0) is 16.1 Å². The largest absolute Gasteiger partial charge is 0.591 e. The van der Waals surface area contributed by atoms with Gasteiger partial charge in [0.05, 0.1) is 16.0 Å². The zero-order chi connectivity index (χ0) is 24.9. The predicted octanol–water partition coefficient (Wildman–Crippen LogP) is 5.85. The second-order valence-electron chi connectivity index (χ2n) is 9.91. The Morgan fingerprint density at radius 1 is 1.24 bits per heavy atom. The number of amides is 1. The van der Waals surface area contributed by atoms with E-state index in [4.69, 9.17) is 4.74 Å². The molecule has 1 aromatic carbocycles. The van der Waals surface area contributed by atoms with Gasteiger partial charge in [-0.2, -0.15) is 0 Å². The van der Waals surface area contributed by atoms with Crippen LogP contribution in [0.25, 0.3) is 10.9 Å². The first-order chi connectivity index (χ1) is 15.1. The van der Waals surface area contributed by atoms with Crippen molar-refractivity contribution in [1.82, 2.24) is 9.47 Å². The highest BCUT2D eigenvalue weighted by molar-refractivity contribution is 9.10. The van der Waals surface area contributed by atoms with E-state index in [1.165, 1.54) is 17.2 Å². The van der Waals surface area contributed by atoms with Crippen LogP contribution in [0.1, 0.15) is 53.1 Å². The number of carbonyl (C=O) groups excluding carboxylic acids is 1. The Kier molecular flexibility index (Phi) is 7.18. The normalized spacial score (nSPS) is 17.0. The first-order valence-corrected chi connectivity index (χ1v) is 12.2. The summed E-state index contributed by atoms with van der Waals surface area (Å²) in [7, 11) is 0. The molecule has 0 bridgehead atoms. The summed E-state index contributed by atoms with van der Waals surface area (Å²) in [5.74, 6) is -0.615. The van der Waals surface area contributed by atoms with Gasteiger partial charge in [-0.05, 0) is 69.6 Å². The molecule has 2 aromatic rings. The fourth-order valence-corrected chi connectivity index (χ4v) is 4.25. The van der Waals surface area contributed by atoms with E-state index in [0.29, 0.717) is 18.6 Å². The number of hydrogen-bond donors (Lipinski definition) is 0. The number of fused-ring (bicyclic) bond motifs is 1. The van der Waals surface area contributed by atoms with Gasteiger partial charge in [-0.25, -0.2) is 18.0 Å². The molecule has 1 unspecified atom stereocenters. The van der Waals surface area contributed by atoms with Crippen LogP contribution in [0.5, 0.6) is 0 Å². The van der Waals surface area contributed by atoms with Gasteiger partial charge in [0.25, 0.3) is 6.43 Å². The minimum Gasteiger partial charge on any atom is -0.591 e. The van der Waals surface area contributed by atoms with Crippen molar-refractivity contribution in [1.29, 1.82) is 0 Å². The molecule has 3 rings (SSSR count). The summed E-state index contributed by atoms with van der Waals surface area (Å²) in [5.41, 5.74) is -0.776. The molecule has 1 aliphatic rings. The minimum atomic E-state index is -3.01. The van der Waals surface area contributed by atoms with Crippen LogP contribution in [0.15, 0.2) is 27.2 Å². The maximum absolute atomic E-state index is 14.4. The molecule has 33 heavy (non-hydrogen) atoms. The number of ether oxygens (including phenoxy) is 1. The van der Waals surface area contributed by atoms with Crippen molar-refractivity contribution in [3.8, 4) is 0 Å². The Balaban J connectivity index is 2.02. The van der Waals surface area contributed by atoms with Crippen LogP contribution in [0.2, 0.25) is 0 Å². The molecule has 11 heteroatoms. The lowest BCUT2D eigenvalue weighted by Crippen LogP contribution is -2.52. The third-order valence-electron chi connectivity index (χ3n) is 4.97. The van der Waals surface area contributed by atoms with Crippen LogP contribution in [0.4, 0.5) is 18.0 Å². The van der Waals surface area contributed by atoms with Crippen LogP contribution in [0, 0.1) is 5.82 Å². The molecule has 6 nitrogen and oxygen atoms in total. The molecule has 1 atom stereocenters. The van der Waals surface area contributed by atoms with Gasteiger partial charge in [-0.3, -0.25) is 0 Å². The average molecular weight is 550 g/mol. The van der Waals surface area contributed by atoms with Crippen LogP contribution in [-0.4, -0.2) is 55.7 Å². The molecule has 1 saturated heterocycles. The average Bonchev–Trinajstić information content (AvgIpc) is 2.94. The van der Waals surface area contributed by atoms with Gasteiger partial charge in [-0.1, -0.05) is 4.40 Å². The summed E-state index contributed by atoms with van der Waals surface area (Å²) < 4.78 is 65.2. The Bertz CT molecular complexity index is 1090. The highest BCUT2D eigenvalue weighted by Crippen LogP contribution is 2.35. The van der Waals surface area contributed by atoms with Gasteiger partial charge < -0.3 is 18.8 Å². The molecular formula is C22H27BrF3N3O3S. The molecule has 1 aromatic heterocycles. The van der Waals surface area contributed by atoms with E-state index in [-0.39, 0.29) is 21.5 Å². The maximum atomic E-state index is 14.4. The van der Waals surface area contributed by atoms with Gasteiger partial charge in [0.2, 0.25) is 0 Å². The van der Waals surface area contributed by atoms with Crippen molar-refractivity contribution in [3.05, 3.63) is 34.2 Å². The van der Waals surface area contributed by atoms with E-state index in [1.807, 2.05) is 0 Å². The number of aromatic nitrogens is 1. The number of benzene rings is 1. The molecule has 1 amide bonds. The van der Waals surface area contributed by atoms with Gasteiger partial charge in [0, 0.05) is 30.2 Å². The summed E-state index contributed by atoms with van der Waals surface area (Å²) in [6.07, 6.45) is -2.00. The molecule has 0 N–H and O–H groups in total. The second-order valence-corrected chi connectivity index (χ2v) is 12.7. The molecule has 1 aliphatic heterocycles. The van der Waals surface area contributed by atoms with Crippen LogP contribution in [0.3, 0.4) is 0 Å². The van der Waals surface area contributed by atoms with Crippen molar-refractivity contribution in [2.45, 2.75) is 64.4 Å². The van der Waals surface area contributed by atoms with E-state index in [0.717, 1.165) is 6.07 Å². The van der Waals surface area contributed by atoms with Crippen molar-refractivity contribution >= 4 is 50.0 Å². The van der Waals surface area contributed by atoms with Gasteiger partial charge in [0.1, 0.15) is 27.5 Å². The number of hydrogen-bond acceptors (Lipinski definition) is 4. The number of carbonyl (C=O) groups is 1. The smallest absolute Gasteiger partial charge is 0.410 e. The molecule has 0 spiro atoms. The molecule has 2 heterocycles. The molecule has 0 aliphatic carbocycles.